The van der Waals surface area contributed by atoms with Gasteiger partial charge in [0.1, 0.15) is 6.33 Å². The van der Waals surface area contributed by atoms with Crippen LogP contribution in [0.4, 0.5) is 5.69 Å². The van der Waals surface area contributed by atoms with Crippen LogP contribution in [0.15, 0.2) is 30.6 Å². The van der Waals surface area contributed by atoms with Crippen molar-refractivity contribution in [1.29, 1.82) is 0 Å². The third kappa shape index (κ3) is 4.69. The lowest BCUT2D eigenvalue weighted by molar-refractivity contribution is -0.117. The van der Waals surface area contributed by atoms with E-state index < -0.39 is 6.04 Å². The van der Waals surface area contributed by atoms with Crippen LogP contribution in [-0.4, -0.2) is 26.7 Å². The molecular formula is C14H21Cl2N5O. The molecular weight excluding hydrogens is 325 g/mol. The first kappa shape index (κ1) is 20.4. The lowest BCUT2D eigenvalue weighted by atomic mass is 10.1. The fourth-order valence-electron chi connectivity index (χ4n) is 1.87. The molecule has 1 amide bonds. The molecule has 122 valence electrons. The summed E-state index contributed by atoms with van der Waals surface area (Å²) in [5, 5.41) is 10.8. The highest BCUT2D eigenvalue weighted by Crippen LogP contribution is 2.20. The van der Waals surface area contributed by atoms with Gasteiger partial charge in [-0.25, -0.2) is 0 Å². The molecule has 3 N–H and O–H groups in total. The van der Waals surface area contributed by atoms with Gasteiger partial charge in [0, 0.05) is 17.8 Å². The van der Waals surface area contributed by atoms with Crippen LogP contribution >= 0.6 is 24.8 Å². The standard InChI is InChI=1S/C14H19N5O.2ClH/c1-3-12(15)14(20)17-11-7-5-6-10(8-11)13-18-16-9-19(13)4-2;;/h5-9,12H,3-4,15H2,1-2H3,(H,17,20);2*1H/t12-;;/m0../s1. The molecule has 1 atom stereocenters. The number of carbonyl (C=O) groups is 1. The van der Waals surface area contributed by atoms with Gasteiger partial charge in [-0.1, -0.05) is 19.1 Å². The summed E-state index contributed by atoms with van der Waals surface area (Å²) in [4.78, 5) is 11.8. The lowest BCUT2D eigenvalue weighted by Gasteiger charge is -2.11. The minimum absolute atomic E-state index is 0. The van der Waals surface area contributed by atoms with E-state index in [1.807, 2.05) is 42.7 Å². The predicted octanol–water partition coefficient (Wildman–Crippen LogP) is 2.48. The van der Waals surface area contributed by atoms with Crippen LogP contribution in [0.5, 0.6) is 0 Å². The first-order chi connectivity index (χ1) is 9.65. The molecule has 2 rings (SSSR count). The van der Waals surface area contributed by atoms with Gasteiger partial charge in [0.25, 0.3) is 0 Å². The van der Waals surface area contributed by atoms with Gasteiger partial charge in [0.15, 0.2) is 5.82 Å². The van der Waals surface area contributed by atoms with Crippen LogP contribution in [0.25, 0.3) is 11.4 Å². The topological polar surface area (TPSA) is 85.8 Å². The maximum absolute atomic E-state index is 11.8. The van der Waals surface area contributed by atoms with Crippen molar-refractivity contribution in [1.82, 2.24) is 14.8 Å². The second-order valence-corrected chi connectivity index (χ2v) is 4.53. The van der Waals surface area contributed by atoms with Crippen LogP contribution in [0.3, 0.4) is 0 Å². The summed E-state index contributed by atoms with van der Waals surface area (Å²) in [7, 11) is 0. The third-order valence-electron chi connectivity index (χ3n) is 3.12. The zero-order valence-corrected chi connectivity index (χ0v) is 14.2. The van der Waals surface area contributed by atoms with Crippen molar-refractivity contribution in [3.05, 3.63) is 30.6 Å². The van der Waals surface area contributed by atoms with Crippen molar-refractivity contribution in [3.63, 3.8) is 0 Å². The Morgan fingerprint density at radius 1 is 1.36 bits per heavy atom. The Morgan fingerprint density at radius 2 is 2.09 bits per heavy atom. The van der Waals surface area contributed by atoms with Crippen molar-refractivity contribution >= 4 is 36.4 Å². The Hall–Kier alpha value is -1.63. The Bertz CT molecular complexity index is 602. The van der Waals surface area contributed by atoms with Crippen molar-refractivity contribution in [2.24, 2.45) is 5.73 Å². The Kier molecular flexibility index (Phi) is 8.70. The summed E-state index contributed by atoms with van der Waals surface area (Å²) in [5.41, 5.74) is 7.32. The molecule has 0 bridgehead atoms. The zero-order valence-electron chi connectivity index (χ0n) is 12.5. The second-order valence-electron chi connectivity index (χ2n) is 4.53. The van der Waals surface area contributed by atoms with Gasteiger partial charge < -0.3 is 15.6 Å². The van der Waals surface area contributed by atoms with E-state index in [2.05, 4.69) is 15.5 Å². The van der Waals surface area contributed by atoms with E-state index >= 15 is 0 Å². The fraction of sp³-hybridized carbons (Fsp3) is 0.357. The summed E-state index contributed by atoms with van der Waals surface area (Å²) in [6, 6.07) is 7.02. The molecule has 0 spiro atoms. The molecule has 6 nitrogen and oxygen atoms in total. The quantitative estimate of drug-likeness (QED) is 0.871. The number of nitrogens with one attached hydrogen (secondary N) is 1. The highest BCUT2D eigenvalue weighted by molar-refractivity contribution is 5.95. The average Bonchev–Trinajstić information content (AvgIpc) is 2.95. The number of halogens is 2. The van der Waals surface area contributed by atoms with Gasteiger partial charge in [-0.2, -0.15) is 0 Å². The number of benzene rings is 1. The van der Waals surface area contributed by atoms with Gasteiger partial charge in [-0.05, 0) is 25.5 Å². The molecule has 1 aromatic carbocycles. The van der Waals surface area contributed by atoms with Crippen LogP contribution in [-0.2, 0) is 11.3 Å². The first-order valence-corrected chi connectivity index (χ1v) is 6.70. The number of hydrogen-bond donors (Lipinski definition) is 2. The van der Waals surface area contributed by atoms with Crippen molar-refractivity contribution in [2.75, 3.05) is 5.32 Å². The molecule has 0 radical (unpaired) electrons. The molecule has 0 unspecified atom stereocenters. The normalized spacial score (nSPS) is 11.0. The number of amides is 1. The second kappa shape index (κ2) is 9.40. The third-order valence-corrected chi connectivity index (χ3v) is 3.12. The number of nitrogens with two attached hydrogens (primary N) is 1. The largest absolute Gasteiger partial charge is 0.325 e. The fourth-order valence-corrected chi connectivity index (χ4v) is 1.87. The van der Waals surface area contributed by atoms with E-state index in [0.29, 0.717) is 12.1 Å². The van der Waals surface area contributed by atoms with E-state index in [4.69, 9.17) is 5.73 Å². The predicted molar refractivity (Wildman–Crippen MR) is 92.5 cm³/mol. The van der Waals surface area contributed by atoms with Crippen LogP contribution in [0.2, 0.25) is 0 Å². The summed E-state index contributed by atoms with van der Waals surface area (Å²) < 4.78 is 1.94. The molecule has 2 aromatic rings. The first-order valence-electron chi connectivity index (χ1n) is 6.70. The van der Waals surface area contributed by atoms with E-state index in [-0.39, 0.29) is 30.7 Å². The van der Waals surface area contributed by atoms with Crippen molar-refractivity contribution in [3.8, 4) is 11.4 Å². The molecule has 0 aliphatic heterocycles. The molecule has 0 aliphatic rings. The smallest absolute Gasteiger partial charge is 0.241 e. The van der Waals surface area contributed by atoms with Gasteiger partial charge in [-0.3, -0.25) is 4.79 Å². The van der Waals surface area contributed by atoms with Gasteiger partial charge >= 0.3 is 0 Å². The molecule has 0 fully saturated rings. The molecule has 8 heteroatoms. The number of nitrogens with zero attached hydrogens (tertiary/aromatic N) is 3. The number of aromatic nitrogens is 3. The molecule has 0 saturated carbocycles. The number of carbonyl (C=O) groups excluding carboxylic acids is 1. The van der Waals surface area contributed by atoms with Crippen molar-refractivity contribution in [2.45, 2.75) is 32.9 Å². The van der Waals surface area contributed by atoms with Gasteiger partial charge in [0.05, 0.1) is 6.04 Å². The van der Waals surface area contributed by atoms with E-state index in [9.17, 15) is 4.79 Å². The molecule has 1 heterocycles. The highest BCUT2D eigenvalue weighted by atomic mass is 35.5. The summed E-state index contributed by atoms with van der Waals surface area (Å²) >= 11 is 0. The minimum Gasteiger partial charge on any atom is -0.325 e. The summed E-state index contributed by atoms with van der Waals surface area (Å²) in [5.74, 6) is 0.602. The highest BCUT2D eigenvalue weighted by Gasteiger charge is 2.12. The lowest BCUT2D eigenvalue weighted by Crippen LogP contribution is -2.34. The van der Waals surface area contributed by atoms with E-state index in [1.54, 1.807) is 6.33 Å². The maximum atomic E-state index is 11.8. The van der Waals surface area contributed by atoms with Crippen LogP contribution in [0, 0.1) is 0 Å². The van der Waals surface area contributed by atoms with Gasteiger partial charge in [-0.15, -0.1) is 35.0 Å². The van der Waals surface area contributed by atoms with Crippen LogP contribution < -0.4 is 11.1 Å². The Labute approximate surface area is 142 Å². The average molecular weight is 346 g/mol. The Balaban J connectivity index is 0.00000220. The minimum atomic E-state index is -0.488. The zero-order chi connectivity index (χ0) is 14.5. The number of anilines is 1. The van der Waals surface area contributed by atoms with Crippen LogP contribution in [0.1, 0.15) is 20.3 Å². The van der Waals surface area contributed by atoms with Crippen molar-refractivity contribution < 1.29 is 4.79 Å². The number of rotatable bonds is 5. The Morgan fingerprint density at radius 3 is 2.73 bits per heavy atom. The SMILES string of the molecule is CC[C@H](N)C(=O)Nc1cccc(-c2nncn2CC)c1.Cl.Cl. The van der Waals surface area contributed by atoms with E-state index in [0.717, 1.165) is 17.9 Å². The van der Waals surface area contributed by atoms with E-state index in [1.165, 1.54) is 0 Å². The molecule has 0 saturated heterocycles. The van der Waals surface area contributed by atoms with Gasteiger partial charge in [0.2, 0.25) is 5.91 Å². The number of aryl methyl sites for hydroxylation is 1. The maximum Gasteiger partial charge on any atom is 0.241 e. The summed E-state index contributed by atoms with van der Waals surface area (Å²) in [6.45, 7) is 4.70. The molecule has 1 aromatic heterocycles. The molecule has 22 heavy (non-hydrogen) atoms. The number of hydrogen-bond acceptors (Lipinski definition) is 4. The molecule has 0 aliphatic carbocycles. The summed E-state index contributed by atoms with van der Waals surface area (Å²) in [6.07, 6.45) is 2.29. The monoisotopic (exact) mass is 345 g/mol.